The van der Waals surface area contributed by atoms with E-state index in [2.05, 4.69) is 4.98 Å². The van der Waals surface area contributed by atoms with E-state index in [0.717, 1.165) is 44.7 Å². The predicted molar refractivity (Wildman–Crippen MR) is 71.1 cm³/mol. The van der Waals surface area contributed by atoms with Crippen molar-refractivity contribution in [3.63, 3.8) is 0 Å². The summed E-state index contributed by atoms with van der Waals surface area (Å²) in [6.45, 7) is 1.64. The van der Waals surface area contributed by atoms with Gasteiger partial charge >= 0.3 is 0 Å². The lowest BCUT2D eigenvalue weighted by Crippen LogP contribution is -2.17. The molecule has 0 bridgehead atoms. The number of hydrogen-bond acceptors (Lipinski definition) is 3. The van der Waals surface area contributed by atoms with E-state index >= 15 is 0 Å². The van der Waals surface area contributed by atoms with E-state index in [1.807, 2.05) is 0 Å². The van der Waals surface area contributed by atoms with E-state index in [1.54, 1.807) is 0 Å². The summed E-state index contributed by atoms with van der Waals surface area (Å²) in [4.78, 5) is 9.36. The second-order valence-corrected chi connectivity index (χ2v) is 5.60. The number of aryl methyl sites for hydroxylation is 1. The molecule has 3 nitrogen and oxygen atoms in total. The van der Waals surface area contributed by atoms with Crippen LogP contribution in [0.3, 0.4) is 0 Å². The largest absolute Gasteiger partial charge is 0.381 e. The lowest BCUT2D eigenvalue weighted by Gasteiger charge is -2.22. The zero-order chi connectivity index (χ0) is 12.4. The summed E-state index contributed by atoms with van der Waals surface area (Å²) < 4.78 is 5.40. The molecule has 18 heavy (non-hydrogen) atoms. The van der Waals surface area contributed by atoms with E-state index in [9.17, 15) is 0 Å². The molecule has 3 rings (SSSR count). The maximum atomic E-state index is 6.36. The van der Waals surface area contributed by atoms with Gasteiger partial charge in [0.25, 0.3) is 0 Å². The highest BCUT2D eigenvalue weighted by Gasteiger charge is 2.22. The Kier molecular flexibility index (Phi) is 3.80. The van der Waals surface area contributed by atoms with Gasteiger partial charge in [0, 0.05) is 30.4 Å². The number of aromatic nitrogens is 2. The average molecular weight is 267 g/mol. The standard InChI is InChI=1S/C14H19ClN2O/c15-13-11-4-2-1-3-5-12(11)16-14(17-13)10-6-8-18-9-7-10/h10H,1-9H2. The minimum atomic E-state index is 0.435. The van der Waals surface area contributed by atoms with Crippen molar-refractivity contribution in [1.82, 2.24) is 9.97 Å². The Morgan fingerprint density at radius 2 is 1.78 bits per heavy atom. The number of ether oxygens (including phenoxy) is 1. The Morgan fingerprint density at radius 3 is 2.61 bits per heavy atom. The molecule has 98 valence electrons. The summed E-state index contributed by atoms with van der Waals surface area (Å²) in [5.74, 6) is 1.38. The van der Waals surface area contributed by atoms with E-state index in [0.29, 0.717) is 11.1 Å². The maximum absolute atomic E-state index is 6.36. The van der Waals surface area contributed by atoms with Gasteiger partial charge in [0.1, 0.15) is 11.0 Å². The maximum Gasteiger partial charge on any atom is 0.136 e. The molecule has 2 heterocycles. The SMILES string of the molecule is Clc1nc(C2CCOCC2)nc2c1CCCCC2. The van der Waals surface area contributed by atoms with Gasteiger partial charge < -0.3 is 4.74 Å². The number of fused-ring (bicyclic) bond motifs is 1. The molecule has 1 aromatic heterocycles. The summed E-state index contributed by atoms with van der Waals surface area (Å²) in [5, 5.41) is 0.698. The molecule has 1 aliphatic carbocycles. The van der Waals surface area contributed by atoms with Crippen LogP contribution in [0.5, 0.6) is 0 Å². The monoisotopic (exact) mass is 266 g/mol. The molecule has 0 aromatic carbocycles. The van der Waals surface area contributed by atoms with Gasteiger partial charge in [-0.1, -0.05) is 18.0 Å². The van der Waals surface area contributed by atoms with Crippen LogP contribution in [-0.4, -0.2) is 23.2 Å². The van der Waals surface area contributed by atoms with Crippen LogP contribution in [0.15, 0.2) is 0 Å². The zero-order valence-corrected chi connectivity index (χ0v) is 11.4. The molecule has 0 N–H and O–H groups in total. The first-order valence-electron chi connectivity index (χ1n) is 6.97. The molecule has 1 aliphatic heterocycles. The van der Waals surface area contributed by atoms with Crippen LogP contribution >= 0.6 is 11.6 Å². The fourth-order valence-electron chi connectivity index (χ4n) is 2.88. The van der Waals surface area contributed by atoms with Gasteiger partial charge in [-0.2, -0.15) is 0 Å². The fourth-order valence-corrected chi connectivity index (χ4v) is 3.17. The molecule has 1 saturated heterocycles. The highest BCUT2D eigenvalue weighted by molar-refractivity contribution is 6.30. The highest BCUT2D eigenvalue weighted by atomic mass is 35.5. The van der Waals surface area contributed by atoms with Gasteiger partial charge in [0.05, 0.1) is 0 Å². The summed E-state index contributed by atoms with van der Waals surface area (Å²) >= 11 is 6.36. The Morgan fingerprint density at radius 1 is 1.00 bits per heavy atom. The normalized spacial score (nSPS) is 21.4. The van der Waals surface area contributed by atoms with Crippen LogP contribution in [0.25, 0.3) is 0 Å². The Balaban J connectivity index is 1.91. The van der Waals surface area contributed by atoms with Gasteiger partial charge in [0.2, 0.25) is 0 Å². The van der Waals surface area contributed by atoms with Crippen molar-refractivity contribution in [2.45, 2.75) is 50.9 Å². The molecular formula is C14H19ClN2O. The van der Waals surface area contributed by atoms with Crippen LogP contribution in [0.2, 0.25) is 5.15 Å². The van der Waals surface area contributed by atoms with Crippen LogP contribution in [0, 0.1) is 0 Å². The minimum absolute atomic E-state index is 0.435. The highest BCUT2D eigenvalue weighted by Crippen LogP contribution is 2.29. The van der Waals surface area contributed by atoms with Crippen molar-refractivity contribution < 1.29 is 4.74 Å². The van der Waals surface area contributed by atoms with Gasteiger partial charge in [-0.05, 0) is 38.5 Å². The molecule has 1 aromatic rings. The summed E-state index contributed by atoms with van der Waals surface area (Å²) in [6.07, 6.45) is 7.87. The molecule has 0 radical (unpaired) electrons. The van der Waals surface area contributed by atoms with Crippen molar-refractivity contribution >= 4 is 11.6 Å². The van der Waals surface area contributed by atoms with E-state index in [1.165, 1.54) is 30.5 Å². The molecule has 1 fully saturated rings. The van der Waals surface area contributed by atoms with E-state index in [-0.39, 0.29) is 0 Å². The van der Waals surface area contributed by atoms with E-state index < -0.39 is 0 Å². The first kappa shape index (κ1) is 12.4. The van der Waals surface area contributed by atoms with Crippen molar-refractivity contribution in [3.8, 4) is 0 Å². The van der Waals surface area contributed by atoms with Crippen molar-refractivity contribution in [1.29, 1.82) is 0 Å². The minimum Gasteiger partial charge on any atom is -0.381 e. The molecule has 0 unspecified atom stereocenters. The zero-order valence-electron chi connectivity index (χ0n) is 10.6. The summed E-state index contributed by atoms with van der Waals surface area (Å²) in [5.41, 5.74) is 2.40. The van der Waals surface area contributed by atoms with Crippen molar-refractivity contribution in [2.24, 2.45) is 0 Å². The van der Waals surface area contributed by atoms with Gasteiger partial charge in [-0.3, -0.25) is 0 Å². The number of halogens is 1. The lowest BCUT2D eigenvalue weighted by atomic mass is 9.99. The Labute approximate surface area is 113 Å². The quantitative estimate of drug-likeness (QED) is 0.578. The predicted octanol–water partition coefficient (Wildman–Crippen LogP) is 3.29. The third kappa shape index (κ3) is 2.52. The molecule has 2 aliphatic rings. The first-order chi connectivity index (χ1) is 8.84. The topological polar surface area (TPSA) is 35.0 Å². The fraction of sp³-hybridized carbons (Fsp3) is 0.714. The number of hydrogen-bond donors (Lipinski definition) is 0. The van der Waals surface area contributed by atoms with Crippen molar-refractivity contribution in [2.75, 3.05) is 13.2 Å². The Bertz CT molecular complexity index is 430. The smallest absolute Gasteiger partial charge is 0.136 e. The van der Waals surface area contributed by atoms with Crippen LogP contribution in [-0.2, 0) is 17.6 Å². The van der Waals surface area contributed by atoms with Crippen LogP contribution < -0.4 is 0 Å². The number of nitrogens with zero attached hydrogens (tertiary/aromatic N) is 2. The Hall–Kier alpha value is -0.670. The number of rotatable bonds is 1. The van der Waals surface area contributed by atoms with Crippen LogP contribution in [0.4, 0.5) is 0 Å². The van der Waals surface area contributed by atoms with Crippen LogP contribution in [0.1, 0.15) is 55.1 Å². The second-order valence-electron chi connectivity index (χ2n) is 5.25. The third-order valence-corrected chi connectivity index (χ3v) is 4.30. The van der Waals surface area contributed by atoms with Gasteiger partial charge in [0.15, 0.2) is 0 Å². The molecule has 0 atom stereocenters. The summed E-state index contributed by atoms with van der Waals surface area (Å²) in [6, 6.07) is 0. The second kappa shape index (κ2) is 5.54. The lowest BCUT2D eigenvalue weighted by molar-refractivity contribution is 0.0835. The van der Waals surface area contributed by atoms with Gasteiger partial charge in [-0.25, -0.2) is 9.97 Å². The molecular weight excluding hydrogens is 248 g/mol. The third-order valence-electron chi connectivity index (χ3n) is 3.99. The van der Waals surface area contributed by atoms with E-state index in [4.69, 9.17) is 21.3 Å². The average Bonchev–Trinajstić information content (AvgIpc) is 2.65. The summed E-state index contributed by atoms with van der Waals surface area (Å²) in [7, 11) is 0. The van der Waals surface area contributed by atoms with Crippen molar-refractivity contribution in [3.05, 3.63) is 22.2 Å². The van der Waals surface area contributed by atoms with Gasteiger partial charge in [-0.15, -0.1) is 0 Å². The molecule has 0 amide bonds. The molecule has 0 saturated carbocycles. The first-order valence-corrected chi connectivity index (χ1v) is 7.35. The molecule has 4 heteroatoms. The molecule has 0 spiro atoms.